The van der Waals surface area contributed by atoms with Gasteiger partial charge in [0, 0.05) is 26.2 Å². The summed E-state index contributed by atoms with van der Waals surface area (Å²) in [5, 5.41) is 2.94. The van der Waals surface area contributed by atoms with Crippen molar-refractivity contribution in [3.05, 3.63) is 23.8 Å². The highest BCUT2D eigenvalue weighted by Crippen LogP contribution is 2.32. The quantitative estimate of drug-likeness (QED) is 0.727. The summed E-state index contributed by atoms with van der Waals surface area (Å²) in [4.78, 5) is 12.8. The Bertz CT molecular complexity index is 818. The predicted molar refractivity (Wildman–Crippen MR) is 111 cm³/mol. The number of amides is 1. The molecule has 1 aromatic rings. The summed E-state index contributed by atoms with van der Waals surface area (Å²) in [6.45, 7) is 5.88. The maximum absolute atomic E-state index is 13.4. The summed E-state index contributed by atoms with van der Waals surface area (Å²) in [6.07, 6.45) is 3.39. The van der Waals surface area contributed by atoms with Crippen LogP contribution < -0.4 is 10.1 Å². The van der Waals surface area contributed by atoms with Crippen molar-refractivity contribution in [1.29, 1.82) is 0 Å². The zero-order valence-electron chi connectivity index (χ0n) is 17.5. The molecule has 1 N–H and O–H groups in total. The van der Waals surface area contributed by atoms with Crippen LogP contribution in [0.5, 0.6) is 5.75 Å². The molecule has 29 heavy (non-hydrogen) atoms. The fourth-order valence-corrected chi connectivity index (χ4v) is 5.65. The van der Waals surface area contributed by atoms with Crippen LogP contribution in [0.25, 0.3) is 0 Å². The van der Waals surface area contributed by atoms with Crippen molar-refractivity contribution in [2.24, 2.45) is 5.92 Å². The van der Waals surface area contributed by atoms with Gasteiger partial charge in [-0.1, -0.05) is 19.9 Å². The number of sulfonamides is 1. The van der Waals surface area contributed by atoms with Crippen molar-refractivity contribution in [3.63, 3.8) is 0 Å². The summed E-state index contributed by atoms with van der Waals surface area (Å²) in [5.41, 5.74) is 0.937. The molecular weight excluding hydrogens is 392 g/mol. The lowest BCUT2D eigenvalue weighted by Gasteiger charge is -2.32. The van der Waals surface area contributed by atoms with Crippen molar-refractivity contribution in [3.8, 4) is 5.75 Å². The van der Waals surface area contributed by atoms with Gasteiger partial charge in [0.2, 0.25) is 15.9 Å². The first kappa shape index (κ1) is 22.1. The van der Waals surface area contributed by atoms with Crippen molar-refractivity contribution in [2.45, 2.75) is 56.4 Å². The average molecular weight is 425 g/mol. The third-order valence-electron chi connectivity index (χ3n) is 5.76. The van der Waals surface area contributed by atoms with Crippen LogP contribution in [0, 0.1) is 5.92 Å². The Balaban J connectivity index is 1.73. The maximum atomic E-state index is 13.4. The molecule has 0 radical (unpaired) electrons. The summed E-state index contributed by atoms with van der Waals surface area (Å²) >= 11 is 0. The second-order valence-electron chi connectivity index (χ2n) is 8.15. The van der Waals surface area contributed by atoms with Crippen LogP contribution in [0.4, 0.5) is 0 Å². The van der Waals surface area contributed by atoms with Crippen molar-refractivity contribution in [2.75, 3.05) is 33.4 Å². The predicted octanol–water partition coefficient (Wildman–Crippen LogP) is 2.51. The molecule has 0 aliphatic carbocycles. The van der Waals surface area contributed by atoms with Gasteiger partial charge in [-0.2, -0.15) is 4.31 Å². The Morgan fingerprint density at radius 1 is 1.31 bits per heavy atom. The number of rotatable bonds is 7. The molecule has 2 aliphatic heterocycles. The molecular formula is C21H32N2O5S. The SMILES string of the molecule is COc1ccc(C(C)C)cc1S(=O)(=O)N1CCC[C@@H](C(=O)NC[C@@H]2CCCO2)C1. The topological polar surface area (TPSA) is 84.9 Å². The Hall–Kier alpha value is -1.64. The van der Waals surface area contributed by atoms with E-state index in [1.807, 2.05) is 19.9 Å². The van der Waals surface area contributed by atoms with E-state index < -0.39 is 10.0 Å². The first-order valence-electron chi connectivity index (χ1n) is 10.4. The molecule has 162 valence electrons. The van der Waals surface area contributed by atoms with Gasteiger partial charge >= 0.3 is 0 Å². The van der Waals surface area contributed by atoms with Gasteiger partial charge < -0.3 is 14.8 Å². The molecule has 1 amide bonds. The summed E-state index contributed by atoms with van der Waals surface area (Å²) < 4.78 is 39.0. The molecule has 2 atom stereocenters. The monoisotopic (exact) mass is 424 g/mol. The van der Waals surface area contributed by atoms with E-state index in [1.54, 1.807) is 12.1 Å². The number of benzene rings is 1. The van der Waals surface area contributed by atoms with Gasteiger partial charge in [0.15, 0.2) is 0 Å². The number of carbonyl (C=O) groups is 1. The zero-order chi connectivity index (χ0) is 21.0. The second kappa shape index (κ2) is 9.45. The number of nitrogens with zero attached hydrogens (tertiary/aromatic N) is 1. The molecule has 2 heterocycles. The van der Waals surface area contributed by atoms with E-state index in [4.69, 9.17) is 9.47 Å². The van der Waals surface area contributed by atoms with Crippen LogP contribution in [-0.2, 0) is 19.6 Å². The van der Waals surface area contributed by atoms with Crippen molar-refractivity contribution >= 4 is 15.9 Å². The number of carbonyl (C=O) groups excluding carboxylic acids is 1. The van der Waals surface area contributed by atoms with Gasteiger partial charge in [-0.15, -0.1) is 0 Å². The molecule has 7 nitrogen and oxygen atoms in total. The van der Waals surface area contributed by atoms with Crippen LogP contribution in [0.3, 0.4) is 0 Å². The fraction of sp³-hybridized carbons (Fsp3) is 0.667. The Morgan fingerprint density at radius 2 is 2.10 bits per heavy atom. The number of ether oxygens (including phenoxy) is 2. The number of piperidine rings is 1. The van der Waals surface area contributed by atoms with Gasteiger partial charge in [-0.05, 0) is 49.3 Å². The minimum atomic E-state index is -3.75. The van der Waals surface area contributed by atoms with E-state index in [0.717, 1.165) is 25.0 Å². The van der Waals surface area contributed by atoms with E-state index in [0.29, 0.717) is 31.7 Å². The van der Waals surface area contributed by atoms with Crippen molar-refractivity contribution in [1.82, 2.24) is 9.62 Å². The molecule has 8 heteroatoms. The van der Waals surface area contributed by atoms with E-state index in [1.165, 1.54) is 11.4 Å². The first-order chi connectivity index (χ1) is 13.8. The molecule has 2 aliphatic rings. The zero-order valence-corrected chi connectivity index (χ0v) is 18.3. The summed E-state index contributed by atoms with van der Waals surface area (Å²) in [6, 6.07) is 5.29. The minimum Gasteiger partial charge on any atom is -0.495 e. The van der Waals surface area contributed by atoms with Crippen LogP contribution in [0.1, 0.15) is 51.0 Å². The third kappa shape index (κ3) is 5.10. The van der Waals surface area contributed by atoms with Crippen LogP contribution in [0.2, 0.25) is 0 Å². The maximum Gasteiger partial charge on any atom is 0.246 e. The number of hydrogen-bond acceptors (Lipinski definition) is 5. The Kier molecular flexibility index (Phi) is 7.19. The number of nitrogens with one attached hydrogen (secondary N) is 1. The fourth-order valence-electron chi connectivity index (χ4n) is 3.93. The summed E-state index contributed by atoms with van der Waals surface area (Å²) in [5.74, 6) is 0.0920. The highest BCUT2D eigenvalue weighted by Gasteiger charge is 2.35. The molecule has 2 fully saturated rings. The Labute approximate surface area is 173 Å². The van der Waals surface area contributed by atoms with Crippen LogP contribution in [-0.4, -0.2) is 58.1 Å². The molecule has 3 rings (SSSR count). The van der Waals surface area contributed by atoms with Gasteiger partial charge in [0.05, 0.1) is 19.1 Å². The molecule has 0 unspecified atom stereocenters. The largest absolute Gasteiger partial charge is 0.495 e. The molecule has 2 saturated heterocycles. The van der Waals surface area contributed by atoms with E-state index in [-0.39, 0.29) is 35.3 Å². The van der Waals surface area contributed by atoms with Crippen molar-refractivity contribution < 1.29 is 22.7 Å². The van der Waals surface area contributed by atoms with Crippen LogP contribution >= 0.6 is 0 Å². The van der Waals surface area contributed by atoms with Gasteiger partial charge in [0.25, 0.3) is 0 Å². The normalized spacial score (nSPS) is 23.3. The van der Waals surface area contributed by atoms with Gasteiger partial charge in [-0.25, -0.2) is 8.42 Å². The Morgan fingerprint density at radius 3 is 2.76 bits per heavy atom. The summed E-state index contributed by atoms with van der Waals surface area (Å²) in [7, 11) is -2.28. The highest BCUT2D eigenvalue weighted by atomic mass is 32.2. The van der Waals surface area contributed by atoms with E-state index >= 15 is 0 Å². The first-order valence-corrected chi connectivity index (χ1v) is 11.8. The van der Waals surface area contributed by atoms with E-state index in [2.05, 4.69) is 5.32 Å². The smallest absolute Gasteiger partial charge is 0.246 e. The lowest BCUT2D eigenvalue weighted by molar-refractivity contribution is -0.126. The number of methoxy groups -OCH3 is 1. The van der Waals surface area contributed by atoms with E-state index in [9.17, 15) is 13.2 Å². The lowest BCUT2D eigenvalue weighted by Crippen LogP contribution is -2.46. The molecule has 0 spiro atoms. The number of hydrogen-bond donors (Lipinski definition) is 1. The molecule has 0 aromatic heterocycles. The minimum absolute atomic E-state index is 0.0745. The van der Waals surface area contributed by atoms with Gasteiger partial charge in [-0.3, -0.25) is 4.79 Å². The molecule has 1 aromatic carbocycles. The second-order valence-corrected chi connectivity index (χ2v) is 10.1. The van der Waals surface area contributed by atoms with Gasteiger partial charge in [0.1, 0.15) is 10.6 Å². The average Bonchev–Trinajstić information content (AvgIpc) is 3.25. The van der Waals surface area contributed by atoms with Crippen LogP contribution in [0.15, 0.2) is 23.1 Å². The molecule has 0 saturated carbocycles. The third-order valence-corrected chi connectivity index (χ3v) is 7.64. The lowest BCUT2D eigenvalue weighted by atomic mass is 9.99. The highest BCUT2D eigenvalue weighted by molar-refractivity contribution is 7.89. The molecule has 0 bridgehead atoms. The standard InChI is InChI=1S/C21H32N2O5S/c1-15(2)16-8-9-19(27-3)20(12-16)29(25,26)23-10-4-6-17(14-23)21(24)22-13-18-7-5-11-28-18/h8-9,12,15,17-18H,4-7,10-11,13-14H2,1-3H3,(H,22,24)/t17-,18+/m1/s1.